The van der Waals surface area contributed by atoms with E-state index >= 15 is 0 Å². The molecule has 12 heteroatoms. The van der Waals surface area contributed by atoms with Gasteiger partial charge in [0.25, 0.3) is 0 Å². The second kappa shape index (κ2) is 36.1. The van der Waals surface area contributed by atoms with Crippen molar-refractivity contribution < 1.29 is 56.9 Å². The van der Waals surface area contributed by atoms with Crippen LogP contribution in [0.5, 0.6) is 0 Å². The van der Waals surface area contributed by atoms with E-state index in [0.717, 1.165) is 13.0 Å². The number of hydrogen-bond acceptors (Lipinski definition) is 12. The van der Waals surface area contributed by atoms with Crippen molar-refractivity contribution in [3.63, 3.8) is 0 Å². The maximum absolute atomic E-state index is 10.9. The Bertz CT molecular complexity index is 484. The summed E-state index contributed by atoms with van der Waals surface area (Å²) in [6.07, 6.45) is 5.14. The third-order valence-corrected chi connectivity index (χ3v) is 5.17. The summed E-state index contributed by atoms with van der Waals surface area (Å²) < 4.78 is 58.8. The highest BCUT2D eigenvalue weighted by atomic mass is 16.6. The first-order chi connectivity index (χ1) is 19.8. The van der Waals surface area contributed by atoms with Gasteiger partial charge in [-0.25, -0.2) is 0 Å². The molecule has 0 aromatic carbocycles. The first kappa shape index (κ1) is 39.1. The number of carbonyl (C=O) groups excluding carboxylic acids is 1. The Morgan fingerprint density at radius 2 is 0.650 bits per heavy atom. The molecule has 0 fully saturated rings. The van der Waals surface area contributed by atoms with Gasteiger partial charge < -0.3 is 52.1 Å². The van der Waals surface area contributed by atoms with Crippen molar-refractivity contribution >= 4 is 5.97 Å². The van der Waals surface area contributed by atoms with Crippen molar-refractivity contribution in [2.24, 2.45) is 0 Å². The van der Waals surface area contributed by atoms with Gasteiger partial charge in [0.1, 0.15) is 0 Å². The van der Waals surface area contributed by atoms with E-state index in [-0.39, 0.29) is 12.4 Å². The topological polar surface area (TPSA) is 119 Å². The van der Waals surface area contributed by atoms with E-state index in [2.05, 4.69) is 11.7 Å². The predicted octanol–water partition coefficient (Wildman–Crippen LogP) is 2.30. The molecule has 0 amide bonds. The highest BCUT2D eigenvalue weighted by Crippen LogP contribution is 1.98. The fourth-order valence-corrected chi connectivity index (χ4v) is 2.97. The Labute approximate surface area is 241 Å². The van der Waals surface area contributed by atoms with Crippen LogP contribution in [0.3, 0.4) is 0 Å². The number of hydrogen-bond donors (Lipinski definition) is 0. The smallest absolute Gasteiger partial charge is 0.307 e. The molecule has 0 heterocycles. The third kappa shape index (κ3) is 35.1. The van der Waals surface area contributed by atoms with Crippen LogP contribution >= 0.6 is 0 Å². The second-order valence-electron chi connectivity index (χ2n) is 8.51. The van der Waals surface area contributed by atoms with Crippen LogP contribution in [-0.2, 0) is 56.9 Å². The average molecular weight is 585 g/mol. The van der Waals surface area contributed by atoms with Crippen molar-refractivity contribution in [1.82, 2.24) is 0 Å². The van der Waals surface area contributed by atoms with Crippen LogP contribution in [0, 0.1) is 0 Å². The van der Waals surface area contributed by atoms with Crippen molar-refractivity contribution in [3.05, 3.63) is 0 Å². The molecule has 0 aliphatic heterocycles. The molecule has 0 aromatic rings. The van der Waals surface area contributed by atoms with Crippen LogP contribution < -0.4 is 0 Å². The highest BCUT2D eigenvalue weighted by molar-refractivity contribution is 5.69. The summed E-state index contributed by atoms with van der Waals surface area (Å²) in [4.78, 5) is 10.9. The summed E-state index contributed by atoms with van der Waals surface area (Å²) in [5.41, 5.74) is 0. The lowest BCUT2D eigenvalue weighted by atomic mass is 10.2. The number of methoxy groups -OCH3 is 1. The molecule has 0 aromatic heterocycles. The maximum Gasteiger partial charge on any atom is 0.307 e. The minimum absolute atomic E-state index is 0.249. The first-order valence-corrected chi connectivity index (χ1v) is 14.7. The average Bonchev–Trinajstić information content (AvgIpc) is 2.97. The lowest BCUT2D eigenvalue weighted by Crippen LogP contribution is -2.15. The molecule has 0 aliphatic rings. The van der Waals surface area contributed by atoms with Crippen LogP contribution in [0.25, 0.3) is 0 Å². The number of unbranched alkanes of at least 4 members (excludes halogenated alkanes) is 3. The zero-order valence-corrected chi connectivity index (χ0v) is 25.1. The Morgan fingerprint density at radius 1 is 0.375 bits per heavy atom. The van der Waals surface area contributed by atoms with E-state index in [9.17, 15) is 4.79 Å². The van der Waals surface area contributed by atoms with Crippen molar-refractivity contribution in [3.8, 4) is 0 Å². The van der Waals surface area contributed by atoms with E-state index in [1.54, 1.807) is 0 Å². The maximum atomic E-state index is 10.9. The van der Waals surface area contributed by atoms with Crippen LogP contribution in [0.2, 0.25) is 0 Å². The predicted molar refractivity (Wildman–Crippen MR) is 149 cm³/mol. The SMILES string of the molecule is CCCCCCOCCOCCOCCOCCOCCOCCOCCOCCOCCOCCC(=O)OC. The zero-order valence-electron chi connectivity index (χ0n) is 25.1. The van der Waals surface area contributed by atoms with Gasteiger partial charge in [0, 0.05) is 6.61 Å². The van der Waals surface area contributed by atoms with Crippen LogP contribution in [0.1, 0.15) is 39.0 Å². The Kier molecular flexibility index (Phi) is 35.3. The van der Waals surface area contributed by atoms with Gasteiger partial charge in [-0.2, -0.15) is 0 Å². The number of ether oxygens (including phenoxy) is 11. The summed E-state index contributed by atoms with van der Waals surface area (Å²) in [5.74, 6) is -0.282. The molecule has 0 bridgehead atoms. The van der Waals surface area contributed by atoms with E-state index < -0.39 is 0 Å². The molecule has 0 aliphatic carbocycles. The number of esters is 1. The molecule has 0 N–H and O–H groups in total. The van der Waals surface area contributed by atoms with Gasteiger partial charge >= 0.3 is 5.97 Å². The highest BCUT2D eigenvalue weighted by Gasteiger charge is 1.99. The van der Waals surface area contributed by atoms with Crippen LogP contribution in [-0.4, -0.2) is 145 Å². The molecule has 0 spiro atoms. The summed E-state index contributed by atoms with van der Waals surface area (Å²) in [6.45, 7) is 12.7. The summed E-state index contributed by atoms with van der Waals surface area (Å²) in [7, 11) is 1.35. The molecule has 240 valence electrons. The van der Waals surface area contributed by atoms with Gasteiger partial charge in [0.2, 0.25) is 0 Å². The number of rotatable bonds is 35. The fraction of sp³-hybridized carbons (Fsp3) is 0.964. The first-order valence-electron chi connectivity index (χ1n) is 14.7. The molecule has 0 radical (unpaired) electrons. The molecular weight excluding hydrogens is 528 g/mol. The molecular formula is C28H56O12. The summed E-state index contributed by atoms with van der Waals surface area (Å²) in [6, 6.07) is 0. The van der Waals surface area contributed by atoms with E-state index in [0.29, 0.717) is 126 Å². The van der Waals surface area contributed by atoms with Gasteiger partial charge in [-0.05, 0) is 6.42 Å². The van der Waals surface area contributed by atoms with E-state index in [1.165, 1.54) is 26.4 Å². The zero-order chi connectivity index (χ0) is 29.0. The largest absolute Gasteiger partial charge is 0.469 e. The molecule has 0 atom stereocenters. The van der Waals surface area contributed by atoms with Gasteiger partial charge in [0.15, 0.2) is 0 Å². The van der Waals surface area contributed by atoms with Crippen molar-refractivity contribution in [2.45, 2.75) is 39.0 Å². The molecule has 0 rings (SSSR count). The lowest BCUT2D eigenvalue weighted by Gasteiger charge is -2.09. The second-order valence-corrected chi connectivity index (χ2v) is 8.51. The van der Waals surface area contributed by atoms with Crippen LogP contribution in [0.4, 0.5) is 0 Å². The fourth-order valence-electron chi connectivity index (χ4n) is 2.97. The molecule has 0 unspecified atom stereocenters. The lowest BCUT2D eigenvalue weighted by molar-refractivity contribution is -0.141. The minimum Gasteiger partial charge on any atom is -0.469 e. The summed E-state index contributed by atoms with van der Waals surface area (Å²) in [5, 5.41) is 0. The number of carbonyl (C=O) groups is 1. The van der Waals surface area contributed by atoms with E-state index in [4.69, 9.17) is 47.4 Å². The Balaban J connectivity index is 3.04. The van der Waals surface area contributed by atoms with E-state index in [1.807, 2.05) is 0 Å². The Hall–Kier alpha value is -0.930. The van der Waals surface area contributed by atoms with Crippen molar-refractivity contribution in [2.75, 3.05) is 139 Å². The standard InChI is InChI=1S/C28H56O12/c1-3-4-5-6-8-31-10-12-33-14-16-35-18-20-37-22-24-39-26-27-40-25-23-38-21-19-36-17-15-34-13-11-32-9-7-28(29)30-2/h3-27H2,1-2H3. The summed E-state index contributed by atoms with van der Waals surface area (Å²) >= 11 is 0. The molecule has 40 heavy (non-hydrogen) atoms. The monoisotopic (exact) mass is 584 g/mol. The van der Waals surface area contributed by atoms with Crippen molar-refractivity contribution in [1.29, 1.82) is 0 Å². The third-order valence-electron chi connectivity index (χ3n) is 5.17. The normalized spacial score (nSPS) is 11.3. The van der Waals surface area contributed by atoms with Gasteiger partial charge in [-0.1, -0.05) is 26.2 Å². The van der Waals surface area contributed by atoms with Gasteiger partial charge in [-0.15, -0.1) is 0 Å². The van der Waals surface area contributed by atoms with Gasteiger partial charge in [-0.3, -0.25) is 4.79 Å². The molecule has 12 nitrogen and oxygen atoms in total. The Morgan fingerprint density at radius 3 is 0.925 bits per heavy atom. The molecule has 0 saturated carbocycles. The quantitative estimate of drug-likeness (QED) is 0.0803. The van der Waals surface area contributed by atoms with Crippen LogP contribution in [0.15, 0.2) is 0 Å². The molecule has 0 saturated heterocycles. The minimum atomic E-state index is -0.282. The van der Waals surface area contributed by atoms with Gasteiger partial charge in [0.05, 0.1) is 139 Å².